The number of aliphatic hydroxyl groups is 1. The average molecular weight is 693 g/mol. The van der Waals surface area contributed by atoms with Gasteiger partial charge in [-0.15, -0.1) is 22.7 Å². The van der Waals surface area contributed by atoms with Gasteiger partial charge in [0.15, 0.2) is 0 Å². The van der Waals surface area contributed by atoms with E-state index in [2.05, 4.69) is 39.8 Å². The molecule has 0 fully saturated rings. The van der Waals surface area contributed by atoms with Gasteiger partial charge in [0.2, 0.25) is 5.91 Å². The van der Waals surface area contributed by atoms with Gasteiger partial charge in [-0.3, -0.25) is 9.78 Å². The minimum atomic E-state index is -1.05. The van der Waals surface area contributed by atoms with E-state index in [-0.39, 0.29) is 13.0 Å². The molecule has 4 amide bonds. The summed E-state index contributed by atoms with van der Waals surface area (Å²) in [7, 11) is 1.65. The first-order valence-corrected chi connectivity index (χ1v) is 17.7. The van der Waals surface area contributed by atoms with E-state index in [0.717, 1.165) is 26.7 Å². The van der Waals surface area contributed by atoms with Crippen LogP contribution in [0.5, 0.6) is 0 Å². The third-order valence-electron chi connectivity index (χ3n) is 7.63. The monoisotopic (exact) mass is 692 g/mol. The SMILES string of the molecule is CC(NC(=O)N(C)Cc1csc(C(C)C)n1)C(=O)NC(Cc1ccccc1)C(O)CC(Cc1ccccc1)NC(=O)OCc1cncs1. The lowest BCUT2D eigenvalue weighted by atomic mass is 9.93. The number of thiazole rings is 2. The summed E-state index contributed by atoms with van der Waals surface area (Å²) in [4.78, 5) is 50.1. The lowest BCUT2D eigenvalue weighted by molar-refractivity contribution is -0.124. The fourth-order valence-corrected chi connectivity index (χ4v) is 6.33. The van der Waals surface area contributed by atoms with E-state index in [4.69, 9.17) is 4.74 Å². The number of urea groups is 1. The highest BCUT2D eigenvalue weighted by molar-refractivity contribution is 7.09. The number of aliphatic hydroxyl groups excluding tert-OH is 1. The molecule has 4 unspecified atom stereocenters. The second kappa shape index (κ2) is 18.3. The lowest BCUT2D eigenvalue weighted by Crippen LogP contribution is -2.54. The fourth-order valence-electron chi connectivity index (χ4n) is 5.00. The van der Waals surface area contributed by atoms with Crippen LogP contribution < -0.4 is 16.0 Å². The molecule has 256 valence electrons. The fraction of sp³-hybridized carbons (Fsp3) is 0.400. The van der Waals surface area contributed by atoms with Crippen molar-refractivity contribution in [2.24, 2.45) is 0 Å². The van der Waals surface area contributed by atoms with Crippen LogP contribution in [0.3, 0.4) is 0 Å². The largest absolute Gasteiger partial charge is 0.444 e. The number of carbonyl (C=O) groups excluding carboxylic acids is 3. The summed E-state index contributed by atoms with van der Waals surface area (Å²) >= 11 is 2.95. The van der Waals surface area contributed by atoms with Crippen molar-refractivity contribution in [2.45, 2.75) is 83.3 Å². The van der Waals surface area contributed by atoms with Crippen LogP contribution in [0.2, 0.25) is 0 Å². The molecule has 0 saturated carbocycles. The van der Waals surface area contributed by atoms with E-state index in [1.54, 1.807) is 37.0 Å². The van der Waals surface area contributed by atoms with Gasteiger partial charge in [-0.2, -0.15) is 0 Å². The Hall–Kier alpha value is -4.33. The number of nitrogens with zero attached hydrogens (tertiary/aromatic N) is 3. The van der Waals surface area contributed by atoms with Gasteiger partial charge in [0, 0.05) is 30.6 Å². The van der Waals surface area contributed by atoms with Gasteiger partial charge in [0.25, 0.3) is 0 Å². The third kappa shape index (κ3) is 11.7. The second-order valence-electron chi connectivity index (χ2n) is 12.0. The number of amides is 4. The number of hydrogen-bond acceptors (Lipinski definition) is 9. The molecule has 0 spiro atoms. The topological polar surface area (TPSA) is 146 Å². The summed E-state index contributed by atoms with van der Waals surface area (Å²) in [6.45, 7) is 6.14. The van der Waals surface area contributed by atoms with Crippen molar-refractivity contribution in [1.29, 1.82) is 0 Å². The van der Waals surface area contributed by atoms with E-state index in [1.165, 1.54) is 16.2 Å². The van der Waals surface area contributed by atoms with Crippen LogP contribution in [0.1, 0.15) is 59.8 Å². The molecule has 4 rings (SSSR count). The summed E-state index contributed by atoms with van der Waals surface area (Å²) in [6, 6.07) is 16.7. The molecule has 0 aliphatic carbocycles. The molecule has 2 aromatic carbocycles. The highest BCUT2D eigenvalue weighted by Gasteiger charge is 2.29. The van der Waals surface area contributed by atoms with Gasteiger partial charge in [-0.05, 0) is 37.3 Å². The van der Waals surface area contributed by atoms with Gasteiger partial charge in [-0.25, -0.2) is 14.6 Å². The van der Waals surface area contributed by atoms with E-state index in [9.17, 15) is 19.5 Å². The van der Waals surface area contributed by atoms with Crippen molar-refractivity contribution in [1.82, 2.24) is 30.8 Å². The van der Waals surface area contributed by atoms with Crippen molar-refractivity contribution < 1.29 is 24.2 Å². The van der Waals surface area contributed by atoms with Gasteiger partial charge in [0.1, 0.15) is 12.6 Å². The van der Waals surface area contributed by atoms with Gasteiger partial charge in [-0.1, -0.05) is 74.5 Å². The molecular formula is C35H44N6O5S2. The normalized spacial score (nSPS) is 13.6. The Kier molecular flexibility index (Phi) is 13.9. The summed E-state index contributed by atoms with van der Waals surface area (Å²) in [5.41, 5.74) is 4.34. The maximum absolute atomic E-state index is 13.4. The molecule has 13 heteroatoms. The smallest absolute Gasteiger partial charge is 0.407 e. The number of nitrogens with one attached hydrogen (secondary N) is 3. The summed E-state index contributed by atoms with van der Waals surface area (Å²) in [5, 5.41) is 23.2. The molecule has 4 N–H and O–H groups in total. The van der Waals surface area contributed by atoms with E-state index < -0.39 is 42.3 Å². The van der Waals surface area contributed by atoms with Crippen molar-refractivity contribution in [2.75, 3.05) is 7.05 Å². The average Bonchev–Trinajstić information content (AvgIpc) is 3.77. The maximum Gasteiger partial charge on any atom is 0.407 e. The number of benzene rings is 2. The number of alkyl carbamates (subject to hydrolysis) is 1. The van der Waals surface area contributed by atoms with Gasteiger partial charge < -0.3 is 30.7 Å². The lowest BCUT2D eigenvalue weighted by Gasteiger charge is -2.29. The Labute approximate surface area is 289 Å². The van der Waals surface area contributed by atoms with Crippen molar-refractivity contribution >= 4 is 40.7 Å². The summed E-state index contributed by atoms with van der Waals surface area (Å²) in [6.07, 6.45) is 0.900. The minimum Gasteiger partial charge on any atom is -0.444 e. The molecule has 0 bridgehead atoms. The van der Waals surface area contributed by atoms with Gasteiger partial charge in [0.05, 0.1) is 39.8 Å². The predicted octanol–water partition coefficient (Wildman–Crippen LogP) is 5.27. The van der Waals surface area contributed by atoms with Crippen LogP contribution in [-0.2, 0) is 35.5 Å². The molecule has 4 aromatic rings. The molecule has 48 heavy (non-hydrogen) atoms. The number of aromatic nitrogens is 2. The van der Waals surface area contributed by atoms with Crippen LogP contribution in [-0.4, -0.2) is 69.3 Å². The number of ether oxygens (including phenoxy) is 1. The Morgan fingerprint density at radius 1 is 0.917 bits per heavy atom. The number of rotatable bonds is 16. The predicted molar refractivity (Wildman–Crippen MR) is 188 cm³/mol. The number of carbonyl (C=O) groups is 3. The van der Waals surface area contributed by atoms with Crippen molar-refractivity contribution in [3.05, 3.63) is 104 Å². The number of hydrogen-bond donors (Lipinski definition) is 4. The molecule has 0 saturated heterocycles. The van der Waals surface area contributed by atoms with E-state index in [1.807, 2.05) is 66.0 Å². The molecule has 4 atom stereocenters. The molecule has 0 radical (unpaired) electrons. The first-order valence-electron chi connectivity index (χ1n) is 15.9. The summed E-state index contributed by atoms with van der Waals surface area (Å²) < 4.78 is 5.42. The molecule has 2 heterocycles. The second-order valence-corrected chi connectivity index (χ2v) is 13.9. The Morgan fingerprint density at radius 2 is 1.58 bits per heavy atom. The van der Waals surface area contributed by atoms with Crippen LogP contribution in [0, 0.1) is 0 Å². The standard InChI is InChI=1S/C35H44N6O5S2/c1-23(2)33-38-28(21-47-33)19-41(4)34(44)37-24(3)32(43)40-30(16-26-13-9-6-10-14-26)31(42)17-27(15-25-11-7-5-8-12-25)39-35(45)46-20-29-18-36-22-48-29/h5-14,18,21-24,27,30-31,42H,15-17,19-20H2,1-4H3,(H,37,44)(H,39,45)(H,40,43). The Morgan fingerprint density at radius 3 is 2.19 bits per heavy atom. The van der Waals surface area contributed by atoms with E-state index in [0.29, 0.717) is 25.3 Å². The Balaban J connectivity index is 1.41. The first-order chi connectivity index (χ1) is 23.1. The molecule has 2 aromatic heterocycles. The maximum atomic E-state index is 13.4. The third-order valence-corrected chi connectivity index (χ3v) is 9.58. The zero-order chi connectivity index (χ0) is 34.5. The van der Waals surface area contributed by atoms with Crippen molar-refractivity contribution in [3.8, 4) is 0 Å². The van der Waals surface area contributed by atoms with Crippen LogP contribution in [0.4, 0.5) is 9.59 Å². The highest BCUT2D eigenvalue weighted by atomic mass is 32.1. The van der Waals surface area contributed by atoms with Crippen LogP contribution >= 0.6 is 22.7 Å². The van der Waals surface area contributed by atoms with Gasteiger partial charge >= 0.3 is 12.1 Å². The van der Waals surface area contributed by atoms with Crippen LogP contribution in [0.15, 0.2) is 77.8 Å². The first kappa shape index (κ1) is 36.5. The van der Waals surface area contributed by atoms with Crippen LogP contribution in [0.25, 0.3) is 0 Å². The van der Waals surface area contributed by atoms with Crippen molar-refractivity contribution in [3.63, 3.8) is 0 Å². The molecule has 0 aliphatic heterocycles. The quantitative estimate of drug-likeness (QED) is 0.125. The Bertz CT molecular complexity index is 1570. The minimum absolute atomic E-state index is 0.0886. The zero-order valence-corrected chi connectivity index (χ0v) is 29.3. The molecule has 0 aliphatic rings. The molecule has 11 nitrogen and oxygen atoms in total. The molecular weight excluding hydrogens is 649 g/mol. The summed E-state index contributed by atoms with van der Waals surface area (Å²) in [5.74, 6) is -0.137. The van der Waals surface area contributed by atoms with E-state index >= 15 is 0 Å². The zero-order valence-electron chi connectivity index (χ0n) is 27.7. The highest BCUT2D eigenvalue weighted by Crippen LogP contribution is 2.20.